The number of aromatic hydroxyl groups is 2. The first-order valence-corrected chi connectivity index (χ1v) is 7.76. The van der Waals surface area contributed by atoms with Gasteiger partial charge in [0.25, 0.3) is 0 Å². The Hall–Kier alpha value is -2.29. The van der Waals surface area contributed by atoms with E-state index in [4.69, 9.17) is 0 Å². The summed E-state index contributed by atoms with van der Waals surface area (Å²) in [5.74, 6) is 0.554. The number of benzene rings is 2. The van der Waals surface area contributed by atoms with Gasteiger partial charge in [-0.15, -0.1) is 0 Å². The zero-order valence-electron chi connectivity index (χ0n) is 12.3. The minimum Gasteiger partial charge on any atom is -0.507 e. The molecule has 3 heteroatoms. The predicted octanol–water partition coefficient (Wildman–Crippen LogP) is 3.70. The van der Waals surface area contributed by atoms with Gasteiger partial charge in [0.1, 0.15) is 17.3 Å². The Morgan fingerprint density at radius 2 is 1.73 bits per heavy atom. The molecule has 2 aromatic carbocycles. The van der Waals surface area contributed by atoms with E-state index in [9.17, 15) is 15.0 Å². The third-order valence-electron chi connectivity index (χ3n) is 5.25. The summed E-state index contributed by atoms with van der Waals surface area (Å²) in [6.45, 7) is 0. The van der Waals surface area contributed by atoms with Gasteiger partial charge in [0, 0.05) is 23.8 Å². The van der Waals surface area contributed by atoms with E-state index in [0.29, 0.717) is 18.4 Å². The minimum absolute atomic E-state index is 0.115. The summed E-state index contributed by atoms with van der Waals surface area (Å²) < 4.78 is 0. The summed E-state index contributed by atoms with van der Waals surface area (Å²) in [5.41, 5.74) is 2.96. The molecule has 112 valence electrons. The third-order valence-corrected chi connectivity index (χ3v) is 5.25. The highest BCUT2D eigenvalue weighted by molar-refractivity contribution is 5.86. The number of carbonyl (C=O) groups is 1. The Labute approximate surface area is 129 Å². The molecule has 2 aliphatic carbocycles. The molecule has 3 nitrogen and oxygen atoms in total. The number of hydrogen-bond acceptors (Lipinski definition) is 3. The van der Waals surface area contributed by atoms with Crippen LogP contribution >= 0.6 is 0 Å². The van der Waals surface area contributed by atoms with Crippen LogP contribution in [0.25, 0.3) is 11.1 Å². The van der Waals surface area contributed by atoms with Crippen LogP contribution in [0, 0.1) is 0 Å². The zero-order valence-corrected chi connectivity index (χ0v) is 12.3. The fourth-order valence-electron chi connectivity index (χ4n) is 4.24. The number of ketones is 1. The van der Waals surface area contributed by atoms with Gasteiger partial charge < -0.3 is 10.2 Å². The van der Waals surface area contributed by atoms with Crippen LogP contribution in [0.1, 0.15) is 36.8 Å². The van der Waals surface area contributed by atoms with Crippen LogP contribution in [0.4, 0.5) is 0 Å². The van der Waals surface area contributed by atoms with Crippen molar-refractivity contribution in [1.29, 1.82) is 0 Å². The van der Waals surface area contributed by atoms with Gasteiger partial charge in [-0.05, 0) is 36.5 Å². The van der Waals surface area contributed by atoms with Crippen LogP contribution in [0.5, 0.6) is 11.5 Å². The molecule has 1 fully saturated rings. The van der Waals surface area contributed by atoms with Crippen molar-refractivity contribution in [2.24, 2.45) is 0 Å². The molecule has 0 aromatic heterocycles. The zero-order chi connectivity index (χ0) is 15.3. The lowest BCUT2D eigenvalue weighted by atomic mass is 9.78. The van der Waals surface area contributed by atoms with E-state index in [1.165, 1.54) is 0 Å². The predicted molar refractivity (Wildman–Crippen MR) is 84.1 cm³/mol. The van der Waals surface area contributed by atoms with Gasteiger partial charge in [-0.25, -0.2) is 0 Å². The summed E-state index contributed by atoms with van der Waals surface area (Å²) in [7, 11) is 0. The molecule has 2 N–H and O–H groups in total. The van der Waals surface area contributed by atoms with Gasteiger partial charge in [-0.2, -0.15) is 0 Å². The van der Waals surface area contributed by atoms with Crippen LogP contribution in [0.2, 0.25) is 0 Å². The molecule has 22 heavy (non-hydrogen) atoms. The maximum atomic E-state index is 11.8. The van der Waals surface area contributed by atoms with Crippen molar-refractivity contribution in [3.63, 3.8) is 0 Å². The standard InChI is InChI=1S/C19H18O3/c20-14-7-9-19(11-14)8-6-13-10-15(21)16(18(22)17(13)19)12-4-2-1-3-5-12/h1-5,10,21-22H,6-9,11H2. The summed E-state index contributed by atoms with van der Waals surface area (Å²) in [6.07, 6.45) is 3.64. The Morgan fingerprint density at radius 3 is 2.41 bits per heavy atom. The normalized spacial score (nSPS) is 23.2. The molecule has 1 spiro atoms. The number of carbonyl (C=O) groups excluding carboxylic acids is 1. The number of phenols is 2. The lowest BCUT2D eigenvalue weighted by molar-refractivity contribution is -0.117. The molecule has 1 atom stereocenters. The van der Waals surface area contributed by atoms with Crippen molar-refractivity contribution in [2.45, 2.75) is 37.5 Å². The summed E-state index contributed by atoms with van der Waals surface area (Å²) in [5, 5.41) is 21.2. The molecule has 0 heterocycles. The van der Waals surface area contributed by atoms with Crippen molar-refractivity contribution in [1.82, 2.24) is 0 Å². The summed E-state index contributed by atoms with van der Waals surface area (Å²) in [4.78, 5) is 11.8. The summed E-state index contributed by atoms with van der Waals surface area (Å²) >= 11 is 0. The second kappa shape index (κ2) is 4.60. The molecule has 2 aromatic rings. The number of phenolic OH excluding ortho intramolecular Hbond substituents is 2. The smallest absolute Gasteiger partial charge is 0.133 e. The highest BCUT2D eigenvalue weighted by atomic mass is 16.3. The maximum Gasteiger partial charge on any atom is 0.133 e. The highest BCUT2D eigenvalue weighted by Crippen LogP contribution is 2.56. The Bertz CT molecular complexity index is 764. The van der Waals surface area contributed by atoms with Gasteiger partial charge >= 0.3 is 0 Å². The van der Waals surface area contributed by atoms with E-state index < -0.39 is 0 Å². The van der Waals surface area contributed by atoms with Gasteiger partial charge in [0.05, 0.1) is 5.56 Å². The first kappa shape index (κ1) is 13.4. The molecule has 0 radical (unpaired) electrons. The van der Waals surface area contributed by atoms with Crippen molar-refractivity contribution in [2.75, 3.05) is 0 Å². The van der Waals surface area contributed by atoms with Gasteiger partial charge in [-0.1, -0.05) is 30.3 Å². The Kier molecular flexibility index (Phi) is 2.80. The van der Waals surface area contributed by atoms with Crippen molar-refractivity contribution < 1.29 is 15.0 Å². The van der Waals surface area contributed by atoms with E-state index in [1.54, 1.807) is 6.07 Å². The maximum absolute atomic E-state index is 11.8. The first-order valence-electron chi connectivity index (χ1n) is 7.76. The molecular formula is C19H18O3. The van der Waals surface area contributed by atoms with E-state index >= 15 is 0 Å². The number of hydrogen-bond donors (Lipinski definition) is 2. The molecule has 1 unspecified atom stereocenters. The fourth-order valence-corrected chi connectivity index (χ4v) is 4.24. The summed E-state index contributed by atoms with van der Waals surface area (Å²) in [6, 6.07) is 11.2. The highest BCUT2D eigenvalue weighted by Gasteiger charge is 2.46. The van der Waals surface area contributed by atoms with E-state index in [1.807, 2.05) is 30.3 Å². The largest absolute Gasteiger partial charge is 0.507 e. The monoisotopic (exact) mass is 294 g/mol. The molecule has 1 saturated carbocycles. The van der Waals surface area contributed by atoms with Crippen LogP contribution in [0.15, 0.2) is 36.4 Å². The number of aryl methyl sites for hydroxylation is 1. The second-order valence-corrected chi connectivity index (χ2v) is 6.52. The second-order valence-electron chi connectivity index (χ2n) is 6.52. The van der Waals surface area contributed by atoms with E-state index in [2.05, 4.69) is 0 Å². The van der Waals surface area contributed by atoms with E-state index in [-0.39, 0.29) is 22.7 Å². The Morgan fingerprint density at radius 1 is 1.00 bits per heavy atom. The van der Waals surface area contributed by atoms with Gasteiger partial charge in [-0.3, -0.25) is 4.79 Å². The van der Waals surface area contributed by atoms with Crippen molar-refractivity contribution >= 4 is 5.78 Å². The molecule has 0 aliphatic heterocycles. The molecule has 2 aliphatic rings. The topological polar surface area (TPSA) is 57.5 Å². The number of rotatable bonds is 1. The fraction of sp³-hybridized carbons (Fsp3) is 0.316. The number of fused-ring (bicyclic) bond motifs is 2. The van der Waals surface area contributed by atoms with Crippen LogP contribution < -0.4 is 0 Å². The third kappa shape index (κ3) is 1.78. The molecule has 0 amide bonds. The van der Waals surface area contributed by atoms with Crippen LogP contribution in [0.3, 0.4) is 0 Å². The lowest BCUT2D eigenvalue weighted by Gasteiger charge is -2.25. The van der Waals surface area contributed by atoms with Crippen molar-refractivity contribution in [3.8, 4) is 22.6 Å². The van der Waals surface area contributed by atoms with Crippen molar-refractivity contribution in [3.05, 3.63) is 47.5 Å². The molecular weight excluding hydrogens is 276 g/mol. The van der Waals surface area contributed by atoms with E-state index in [0.717, 1.165) is 36.0 Å². The quantitative estimate of drug-likeness (QED) is 0.843. The molecule has 0 bridgehead atoms. The van der Waals surface area contributed by atoms with Gasteiger partial charge in [0.2, 0.25) is 0 Å². The van der Waals surface area contributed by atoms with Crippen LogP contribution in [-0.4, -0.2) is 16.0 Å². The number of Topliss-reactive ketones (excluding diaryl/α,β-unsaturated/α-hetero) is 1. The minimum atomic E-state index is -0.215. The molecule has 0 saturated heterocycles. The SMILES string of the molecule is O=C1CCC2(CCc3cc(O)c(-c4ccccc4)c(O)c32)C1. The first-order chi connectivity index (χ1) is 10.6. The molecule has 4 rings (SSSR count). The average molecular weight is 294 g/mol. The van der Waals surface area contributed by atoms with Gasteiger partial charge in [0.15, 0.2) is 0 Å². The Balaban J connectivity index is 1.94. The lowest BCUT2D eigenvalue weighted by Crippen LogP contribution is -2.19. The average Bonchev–Trinajstić information content (AvgIpc) is 3.04. The van der Waals surface area contributed by atoms with Crippen LogP contribution in [-0.2, 0) is 16.6 Å².